The summed E-state index contributed by atoms with van der Waals surface area (Å²) in [5.74, 6) is -2.40. The van der Waals surface area contributed by atoms with Gasteiger partial charge in [0.2, 0.25) is 11.8 Å². The number of carbonyl (C=O) groups is 5. The fourth-order valence-electron chi connectivity index (χ4n) is 3.19. The minimum atomic E-state index is -0.987. The van der Waals surface area contributed by atoms with E-state index in [-0.39, 0.29) is 12.5 Å². The summed E-state index contributed by atoms with van der Waals surface area (Å²) in [7, 11) is 0. The average Bonchev–Trinajstić information content (AvgIpc) is 3.19. The highest BCUT2D eigenvalue weighted by molar-refractivity contribution is 6.45. The molecule has 2 heterocycles. The zero-order valence-electron chi connectivity index (χ0n) is 15.6. The van der Waals surface area contributed by atoms with Crippen molar-refractivity contribution in [3.8, 4) is 0 Å². The molecule has 0 aliphatic carbocycles. The van der Waals surface area contributed by atoms with E-state index in [1.54, 1.807) is 29.2 Å². The molecule has 0 radical (unpaired) electrons. The fraction of sp³-hybridized carbons (Fsp3) is 0.421. The minimum absolute atomic E-state index is 0.0696. The minimum Gasteiger partial charge on any atom is -0.325 e. The van der Waals surface area contributed by atoms with Crippen molar-refractivity contribution < 1.29 is 24.0 Å². The third-order valence-corrected chi connectivity index (χ3v) is 4.71. The van der Waals surface area contributed by atoms with Crippen LogP contribution < -0.4 is 10.2 Å². The van der Waals surface area contributed by atoms with Crippen molar-refractivity contribution in [2.24, 2.45) is 0 Å². The highest BCUT2D eigenvalue weighted by atomic mass is 16.2. The van der Waals surface area contributed by atoms with Gasteiger partial charge in [-0.25, -0.2) is 9.69 Å². The lowest BCUT2D eigenvalue weighted by atomic mass is 10.2. The first-order valence-electron chi connectivity index (χ1n) is 9.30. The number of carbonyl (C=O) groups excluding carboxylic acids is 5. The molecule has 1 N–H and O–H groups in total. The molecule has 0 spiro atoms. The van der Waals surface area contributed by atoms with Crippen molar-refractivity contribution in [2.45, 2.75) is 32.6 Å². The van der Waals surface area contributed by atoms with Crippen LogP contribution in [0, 0.1) is 0 Å². The van der Waals surface area contributed by atoms with E-state index in [9.17, 15) is 24.0 Å². The van der Waals surface area contributed by atoms with E-state index in [2.05, 4.69) is 5.32 Å². The Balaban J connectivity index is 1.59. The largest absolute Gasteiger partial charge is 0.334 e. The first kappa shape index (κ1) is 19.5. The van der Waals surface area contributed by atoms with E-state index in [4.69, 9.17) is 0 Å². The number of unbranched alkanes of at least 4 members (excludes halogenated alkanes) is 1. The quantitative estimate of drug-likeness (QED) is 0.562. The lowest BCUT2D eigenvalue weighted by Crippen LogP contribution is -2.39. The number of benzene rings is 1. The molecular formula is C19H22N4O5. The van der Waals surface area contributed by atoms with E-state index >= 15 is 0 Å². The Morgan fingerprint density at radius 1 is 1.04 bits per heavy atom. The normalized spacial score (nSPS) is 17.1. The van der Waals surface area contributed by atoms with Gasteiger partial charge in [-0.2, -0.15) is 0 Å². The number of imide groups is 2. The Morgan fingerprint density at radius 2 is 1.71 bits per heavy atom. The van der Waals surface area contributed by atoms with Crippen molar-refractivity contribution in [3.05, 3.63) is 24.3 Å². The first-order chi connectivity index (χ1) is 13.4. The molecule has 0 unspecified atom stereocenters. The standard InChI is InChI=1S/C19H22N4O5/c1-2-3-10-22-17(26)18(27)23(19(22)28)12-15(24)20-13-6-8-14(9-7-13)21-11-4-5-16(21)25/h6-9H,2-5,10-12H2,1H3,(H,20,24). The number of nitrogens with zero attached hydrogens (tertiary/aromatic N) is 3. The zero-order chi connectivity index (χ0) is 20.3. The van der Waals surface area contributed by atoms with Crippen LogP contribution in [0.25, 0.3) is 0 Å². The van der Waals surface area contributed by atoms with Crippen LogP contribution in [0.2, 0.25) is 0 Å². The molecule has 2 saturated heterocycles. The van der Waals surface area contributed by atoms with Crippen LogP contribution in [0.1, 0.15) is 32.6 Å². The van der Waals surface area contributed by atoms with Gasteiger partial charge < -0.3 is 10.2 Å². The van der Waals surface area contributed by atoms with Gasteiger partial charge in [0.05, 0.1) is 0 Å². The number of nitrogens with one attached hydrogen (secondary N) is 1. The number of rotatable bonds is 7. The van der Waals surface area contributed by atoms with E-state index in [1.807, 2.05) is 6.92 Å². The molecule has 3 rings (SSSR count). The van der Waals surface area contributed by atoms with Crippen molar-refractivity contribution >= 4 is 41.0 Å². The van der Waals surface area contributed by atoms with Gasteiger partial charge in [-0.1, -0.05) is 13.3 Å². The predicted molar refractivity (Wildman–Crippen MR) is 100 cm³/mol. The van der Waals surface area contributed by atoms with Crippen LogP contribution >= 0.6 is 0 Å². The summed E-state index contributed by atoms with van der Waals surface area (Å²) >= 11 is 0. The Kier molecular flexibility index (Phi) is 5.72. The maximum absolute atomic E-state index is 12.2. The second-order valence-electron chi connectivity index (χ2n) is 6.73. The maximum atomic E-state index is 12.2. The van der Waals surface area contributed by atoms with Gasteiger partial charge >= 0.3 is 17.8 Å². The van der Waals surface area contributed by atoms with Gasteiger partial charge in [0.1, 0.15) is 6.54 Å². The van der Waals surface area contributed by atoms with Crippen LogP contribution in [0.5, 0.6) is 0 Å². The highest BCUT2D eigenvalue weighted by Crippen LogP contribution is 2.23. The first-order valence-corrected chi connectivity index (χ1v) is 9.30. The molecule has 2 aliphatic rings. The molecule has 6 amide bonds. The topological polar surface area (TPSA) is 107 Å². The molecule has 1 aromatic carbocycles. The highest BCUT2D eigenvalue weighted by Gasteiger charge is 2.44. The molecular weight excluding hydrogens is 364 g/mol. The summed E-state index contributed by atoms with van der Waals surface area (Å²) in [4.78, 5) is 63.4. The van der Waals surface area contributed by atoms with E-state index in [1.165, 1.54) is 0 Å². The summed E-state index contributed by atoms with van der Waals surface area (Å²) in [5, 5.41) is 2.59. The summed E-state index contributed by atoms with van der Waals surface area (Å²) in [6.07, 6.45) is 2.72. The van der Waals surface area contributed by atoms with E-state index < -0.39 is 30.3 Å². The van der Waals surface area contributed by atoms with E-state index in [0.717, 1.165) is 23.4 Å². The smallest absolute Gasteiger partial charge is 0.325 e. The molecule has 1 aromatic rings. The number of anilines is 2. The van der Waals surface area contributed by atoms with E-state index in [0.29, 0.717) is 30.0 Å². The molecule has 9 nitrogen and oxygen atoms in total. The Hall–Kier alpha value is -3.23. The molecule has 0 bridgehead atoms. The van der Waals surface area contributed by atoms with Gasteiger partial charge in [-0.3, -0.25) is 24.1 Å². The monoisotopic (exact) mass is 386 g/mol. The molecule has 28 heavy (non-hydrogen) atoms. The van der Waals surface area contributed by atoms with Crippen LogP contribution in [0.3, 0.4) is 0 Å². The van der Waals surface area contributed by atoms with Gasteiger partial charge in [0, 0.05) is 30.9 Å². The number of urea groups is 1. The lowest BCUT2D eigenvalue weighted by molar-refractivity contribution is -0.143. The predicted octanol–water partition coefficient (Wildman–Crippen LogP) is 1.34. The van der Waals surface area contributed by atoms with Crippen molar-refractivity contribution in [1.29, 1.82) is 0 Å². The summed E-state index contributed by atoms with van der Waals surface area (Å²) < 4.78 is 0. The van der Waals surface area contributed by atoms with Crippen LogP contribution in [-0.4, -0.2) is 59.1 Å². The second-order valence-corrected chi connectivity index (χ2v) is 6.73. The van der Waals surface area contributed by atoms with Crippen molar-refractivity contribution in [2.75, 3.05) is 29.9 Å². The van der Waals surface area contributed by atoms with Gasteiger partial charge in [-0.05, 0) is 37.1 Å². The fourth-order valence-corrected chi connectivity index (χ4v) is 3.19. The molecule has 9 heteroatoms. The third-order valence-electron chi connectivity index (χ3n) is 4.71. The van der Waals surface area contributed by atoms with Gasteiger partial charge in [0.25, 0.3) is 0 Å². The maximum Gasteiger partial charge on any atom is 0.334 e. The SMILES string of the molecule is CCCCN1C(=O)C(=O)N(CC(=O)Nc2ccc(N3CCCC3=O)cc2)C1=O. The second kappa shape index (κ2) is 8.20. The number of hydrogen-bond donors (Lipinski definition) is 1. The van der Waals surface area contributed by atoms with Crippen LogP contribution in [0.4, 0.5) is 16.2 Å². The number of hydrogen-bond acceptors (Lipinski definition) is 5. The molecule has 0 atom stereocenters. The number of amides is 6. The van der Waals surface area contributed by atoms with Crippen molar-refractivity contribution in [3.63, 3.8) is 0 Å². The third kappa shape index (κ3) is 3.88. The van der Waals surface area contributed by atoms with Crippen LogP contribution in [0.15, 0.2) is 24.3 Å². The average molecular weight is 386 g/mol. The molecule has 0 saturated carbocycles. The van der Waals surface area contributed by atoms with Gasteiger partial charge in [-0.15, -0.1) is 0 Å². The lowest BCUT2D eigenvalue weighted by Gasteiger charge is -2.17. The van der Waals surface area contributed by atoms with Crippen LogP contribution in [-0.2, 0) is 19.2 Å². The molecule has 2 aliphatic heterocycles. The summed E-state index contributed by atoms with van der Waals surface area (Å²) in [6.45, 7) is 2.21. The molecule has 148 valence electrons. The van der Waals surface area contributed by atoms with Gasteiger partial charge in [0.15, 0.2) is 0 Å². The molecule has 0 aromatic heterocycles. The summed E-state index contributed by atoms with van der Waals surface area (Å²) in [5.41, 5.74) is 1.22. The molecule has 2 fully saturated rings. The van der Waals surface area contributed by atoms with Crippen molar-refractivity contribution in [1.82, 2.24) is 9.80 Å². The zero-order valence-corrected chi connectivity index (χ0v) is 15.6. The Labute approximate surface area is 162 Å². The Morgan fingerprint density at radius 3 is 2.32 bits per heavy atom. The Bertz CT molecular complexity index is 820. The summed E-state index contributed by atoms with van der Waals surface area (Å²) in [6, 6.07) is 5.97.